The topological polar surface area (TPSA) is 62.2 Å². The summed E-state index contributed by atoms with van der Waals surface area (Å²) in [4.78, 5) is 19.7. The van der Waals surface area contributed by atoms with Gasteiger partial charge in [-0.2, -0.15) is 0 Å². The van der Waals surface area contributed by atoms with Gasteiger partial charge in [0.1, 0.15) is 11.6 Å². The Hall–Kier alpha value is -2.32. The summed E-state index contributed by atoms with van der Waals surface area (Å²) in [7, 11) is 0. The fourth-order valence-electron chi connectivity index (χ4n) is 4.26. The van der Waals surface area contributed by atoms with Gasteiger partial charge in [-0.1, -0.05) is 13.3 Å². The van der Waals surface area contributed by atoms with Gasteiger partial charge in [-0.25, -0.2) is 13.8 Å². The van der Waals surface area contributed by atoms with E-state index in [9.17, 15) is 13.6 Å². The molecular weight excluding hydrogens is 412 g/mol. The molecule has 1 aliphatic rings. The Morgan fingerprint density at radius 1 is 1.19 bits per heavy atom. The highest BCUT2D eigenvalue weighted by atomic mass is 19.1. The fraction of sp³-hybridized carbons (Fsp3) is 0.583. The molecule has 0 bridgehead atoms. The third-order valence-corrected chi connectivity index (χ3v) is 5.96. The zero-order valence-electron chi connectivity index (χ0n) is 19.3. The molecule has 0 aliphatic carbocycles. The van der Waals surface area contributed by atoms with Crippen LogP contribution < -0.4 is 10.6 Å². The molecule has 1 aromatic carbocycles. The summed E-state index contributed by atoms with van der Waals surface area (Å²) in [6.07, 6.45) is 8.07. The van der Waals surface area contributed by atoms with Crippen molar-refractivity contribution in [2.45, 2.75) is 64.5 Å². The molecule has 1 atom stereocenters. The lowest BCUT2D eigenvalue weighted by molar-refractivity contribution is -0.118. The van der Waals surface area contributed by atoms with E-state index in [-0.39, 0.29) is 11.4 Å². The molecule has 3 rings (SSSR count). The summed E-state index contributed by atoms with van der Waals surface area (Å²) in [5.41, 5.74) is 0.436. The van der Waals surface area contributed by atoms with Crippen molar-refractivity contribution in [1.82, 2.24) is 19.8 Å². The van der Waals surface area contributed by atoms with Gasteiger partial charge in [-0.15, -0.1) is 0 Å². The van der Waals surface area contributed by atoms with Crippen LogP contribution in [0.2, 0.25) is 0 Å². The summed E-state index contributed by atoms with van der Waals surface area (Å²) in [6.45, 7) is 10.0. The molecule has 1 saturated heterocycles. The van der Waals surface area contributed by atoms with E-state index in [0.717, 1.165) is 32.1 Å². The maximum Gasteiger partial charge on any atom is 0.242 e. The van der Waals surface area contributed by atoms with E-state index < -0.39 is 17.7 Å². The summed E-state index contributed by atoms with van der Waals surface area (Å²) >= 11 is 0. The van der Waals surface area contributed by atoms with Crippen LogP contribution in [0.3, 0.4) is 0 Å². The lowest BCUT2D eigenvalue weighted by Crippen LogP contribution is -2.41. The highest BCUT2D eigenvalue weighted by Gasteiger charge is 2.26. The molecule has 0 radical (unpaired) electrons. The first-order chi connectivity index (χ1) is 15.3. The molecule has 0 spiro atoms. The molecule has 8 heteroatoms. The standard InChI is InChI=1S/C24H35F2N5O/c1-4-7-21(27-9-8-18-12-19(25)14-20(26)13-18)23(32)29-22-15-31(17-28-22)24(2,3)16-30-10-5-6-11-30/h12-15,17,21,27H,4-11,16H2,1-3H3,(H,29,32)/t21-/m0/s1. The molecule has 1 fully saturated rings. The molecule has 176 valence electrons. The largest absolute Gasteiger partial charge is 0.328 e. The lowest BCUT2D eigenvalue weighted by atomic mass is 10.1. The molecule has 6 nitrogen and oxygen atoms in total. The molecule has 0 unspecified atom stereocenters. The van der Waals surface area contributed by atoms with Crippen molar-refractivity contribution in [3.63, 3.8) is 0 Å². The minimum Gasteiger partial charge on any atom is -0.328 e. The fourth-order valence-corrected chi connectivity index (χ4v) is 4.26. The number of nitrogens with one attached hydrogen (secondary N) is 2. The zero-order chi connectivity index (χ0) is 23.1. The number of amides is 1. The van der Waals surface area contributed by atoms with Crippen molar-refractivity contribution in [1.29, 1.82) is 0 Å². The molecule has 1 aliphatic heterocycles. The van der Waals surface area contributed by atoms with Gasteiger partial charge in [0.05, 0.1) is 17.9 Å². The van der Waals surface area contributed by atoms with E-state index >= 15 is 0 Å². The number of hydrogen-bond donors (Lipinski definition) is 2. The number of aromatic nitrogens is 2. The van der Waals surface area contributed by atoms with Gasteiger partial charge in [0.2, 0.25) is 5.91 Å². The predicted octanol–water partition coefficient (Wildman–Crippen LogP) is 3.93. The van der Waals surface area contributed by atoms with E-state index in [0.29, 0.717) is 30.8 Å². The van der Waals surface area contributed by atoms with Crippen LogP contribution in [-0.4, -0.2) is 52.6 Å². The second-order valence-electron chi connectivity index (χ2n) is 9.27. The van der Waals surface area contributed by atoms with Gasteiger partial charge in [0, 0.05) is 18.8 Å². The first kappa shape index (κ1) is 24.3. The lowest BCUT2D eigenvalue weighted by Gasteiger charge is -2.31. The Morgan fingerprint density at radius 3 is 2.53 bits per heavy atom. The van der Waals surface area contributed by atoms with E-state index in [1.54, 1.807) is 6.33 Å². The molecule has 1 amide bonds. The maximum atomic E-state index is 13.4. The van der Waals surface area contributed by atoms with E-state index in [1.165, 1.54) is 25.0 Å². The highest BCUT2D eigenvalue weighted by Crippen LogP contribution is 2.21. The monoisotopic (exact) mass is 447 g/mol. The van der Waals surface area contributed by atoms with Crippen LogP contribution >= 0.6 is 0 Å². The second kappa shape index (κ2) is 11.0. The SMILES string of the molecule is CCC[C@H](NCCc1cc(F)cc(F)c1)C(=O)Nc1cn(C(C)(C)CN2CCCC2)cn1. The number of likely N-dealkylation sites (tertiary alicyclic amines) is 1. The summed E-state index contributed by atoms with van der Waals surface area (Å²) in [5, 5.41) is 6.13. The first-order valence-electron chi connectivity index (χ1n) is 11.5. The highest BCUT2D eigenvalue weighted by molar-refractivity contribution is 5.93. The van der Waals surface area contributed by atoms with E-state index in [4.69, 9.17) is 0 Å². The number of carbonyl (C=O) groups is 1. The third kappa shape index (κ3) is 6.84. The number of carbonyl (C=O) groups excluding carboxylic acids is 1. The quantitative estimate of drug-likeness (QED) is 0.548. The predicted molar refractivity (Wildman–Crippen MR) is 123 cm³/mol. The normalized spacial score (nSPS) is 15.8. The Balaban J connectivity index is 1.54. The van der Waals surface area contributed by atoms with Crippen molar-refractivity contribution in [2.24, 2.45) is 0 Å². The summed E-state index contributed by atoms with van der Waals surface area (Å²) < 4.78 is 28.8. The minimum atomic E-state index is -0.592. The molecule has 2 heterocycles. The van der Waals surface area contributed by atoms with E-state index in [1.807, 2.05) is 13.1 Å². The third-order valence-electron chi connectivity index (χ3n) is 5.96. The van der Waals surface area contributed by atoms with Gasteiger partial charge in [0.15, 0.2) is 5.82 Å². The van der Waals surface area contributed by atoms with Gasteiger partial charge in [0.25, 0.3) is 0 Å². The van der Waals surface area contributed by atoms with Crippen LogP contribution in [0.15, 0.2) is 30.7 Å². The van der Waals surface area contributed by atoms with Crippen molar-refractivity contribution < 1.29 is 13.6 Å². The molecule has 2 aromatic rings. The van der Waals surface area contributed by atoms with Crippen molar-refractivity contribution in [3.05, 3.63) is 47.9 Å². The maximum absolute atomic E-state index is 13.4. The Bertz CT molecular complexity index is 872. The number of nitrogens with zero attached hydrogens (tertiary/aromatic N) is 3. The molecular formula is C24H35F2N5O. The van der Waals surface area contributed by atoms with Gasteiger partial charge < -0.3 is 20.1 Å². The number of imidazole rings is 1. The Kier molecular flexibility index (Phi) is 8.37. The van der Waals surface area contributed by atoms with Crippen molar-refractivity contribution >= 4 is 11.7 Å². The van der Waals surface area contributed by atoms with Crippen LogP contribution in [0.1, 0.15) is 52.0 Å². The average Bonchev–Trinajstić information content (AvgIpc) is 3.38. The number of hydrogen-bond acceptors (Lipinski definition) is 4. The van der Waals surface area contributed by atoms with Crippen molar-refractivity contribution in [2.75, 3.05) is 31.5 Å². The molecule has 32 heavy (non-hydrogen) atoms. The first-order valence-corrected chi connectivity index (χ1v) is 11.5. The van der Waals surface area contributed by atoms with Crippen LogP contribution in [0.25, 0.3) is 0 Å². The van der Waals surface area contributed by atoms with Crippen LogP contribution in [0, 0.1) is 11.6 Å². The summed E-state index contributed by atoms with van der Waals surface area (Å²) in [6, 6.07) is 3.09. The molecule has 1 aromatic heterocycles. The Morgan fingerprint density at radius 2 is 1.88 bits per heavy atom. The number of rotatable bonds is 11. The van der Waals surface area contributed by atoms with Gasteiger partial charge in [-0.05, 0) is 76.9 Å². The minimum absolute atomic E-state index is 0.123. The Labute approximate surface area is 189 Å². The van der Waals surface area contributed by atoms with Gasteiger partial charge in [-0.3, -0.25) is 4.79 Å². The number of benzene rings is 1. The average molecular weight is 448 g/mol. The zero-order valence-corrected chi connectivity index (χ0v) is 19.3. The van der Waals surface area contributed by atoms with Crippen LogP contribution in [-0.2, 0) is 16.8 Å². The molecule has 2 N–H and O–H groups in total. The van der Waals surface area contributed by atoms with Crippen molar-refractivity contribution in [3.8, 4) is 0 Å². The number of halogens is 2. The smallest absolute Gasteiger partial charge is 0.242 e. The van der Waals surface area contributed by atoms with E-state index in [2.05, 4.69) is 38.9 Å². The molecule has 0 saturated carbocycles. The van der Waals surface area contributed by atoms with Crippen LogP contribution in [0.5, 0.6) is 0 Å². The number of anilines is 1. The van der Waals surface area contributed by atoms with Crippen LogP contribution in [0.4, 0.5) is 14.6 Å². The van der Waals surface area contributed by atoms with Gasteiger partial charge >= 0.3 is 0 Å². The summed E-state index contributed by atoms with van der Waals surface area (Å²) in [5.74, 6) is -0.809. The second-order valence-corrected chi connectivity index (χ2v) is 9.27.